The normalized spacial score (nSPS) is 11.3. The van der Waals surface area contributed by atoms with Gasteiger partial charge >= 0.3 is 0 Å². The highest BCUT2D eigenvalue weighted by Gasteiger charge is 2.07. The second kappa shape index (κ2) is 7.89. The van der Waals surface area contributed by atoms with Crippen molar-refractivity contribution in [1.82, 2.24) is 0 Å². The van der Waals surface area contributed by atoms with E-state index in [4.69, 9.17) is 0 Å². The molecule has 0 aliphatic rings. The number of hydrogen-bond acceptors (Lipinski definition) is 1. The van der Waals surface area contributed by atoms with Gasteiger partial charge in [-0.3, -0.25) is 4.79 Å². The van der Waals surface area contributed by atoms with Crippen LogP contribution in [0.25, 0.3) is 16.7 Å². The Hall–Kier alpha value is -2.45. The van der Waals surface area contributed by atoms with Crippen molar-refractivity contribution >= 4 is 27.3 Å². The van der Waals surface area contributed by atoms with Crippen molar-refractivity contribution in [1.29, 1.82) is 0 Å². The van der Waals surface area contributed by atoms with Gasteiger partial charge in [0.05, 0.1) is 0 Å². The van der Waals surface area contributed by atoms with Crippen LogP contribution in [0.1, 0.15) is 15.9 Å². The van der Waals surface area contributed by atoms with Crippen LogP contribution in [0.3, 0.4) is 0 Å². The first-order chi connectivity index (χ1) is 11.8. The average molecular weight is 377 g/mol. The van der Waals surface area contributed by atoms with E-state index in [0.29, 0.717) is 10.9 Å². The number of alkyl halides is 1. The molecule has 0 amide bonds. The molecule has 0 unspecified atom stereocenters. The van der Waals surface area contributed by atoms with Crippen molar-refractivity contribution in [3.63, 3.8) is 0 Å². The maximum atomic E-state index is 12.4. The standard InChI is InChI=1S/C22H17BrO/c23-16-21(15-22(24)20-9-5-2-6-10-20)19-13-11-18(12-14-19)17-7-3-1-4-8-17/h1-15H,16H2/b21-15+. The Kier molecular flexibility index (Phi) is 5.39. The van der Waals surface area contributed by atoms with Gasteiger partial charge in [0.2, 0.25) is 0 Å². The minimum absolute atomic E-state index is 0.0252. The summed E-state index contributed by atoms with van der Waals surface area (Å²) < 4.78 is 0. The zero-order valence-corrected chi connectivity index (χ0v) is 14.7. The van der Waals surface area contributed by atoms with Crippen LogP contribution in [0.15, 0.2) is 91.0 Å². The van der Waals surface area contributed by atoms with Gasteiger partial charge in [0.1, 0.15) is 0 Å². The van der Waals surface area contributed by atoms with Gasteiger partial charge < -0.3 is 0 Å². The number of rotatable bonds is 5. The molecular weight excluding hydrogens is 360 g/mol. The smallest absolute Gasteiger partial charge is 0.186 e. The van der Waals surface area contributed by atoms with Crippen LogP contribution >= 0.6 is 15.9 Å². The number of allylic oxidation sites excluding steroid dienone is 2. The molecule has 0 heterocycles. The van der Waals surface area contributed by atoms with E-state index in [1.54, 1.807) is 6.08 Å². The van der Waals surface area contributed by atoms with E-state index in [2.05, 4.69) is 52.3 Å². The highest BCUT2D eigenvalue weighted by atomic mass is 79.9. The molecule has 0 radical (unpaired) electrons. The highest BCUT2D eigenvalue weighted by molar-refractivity contribution is 9.09. The lowest BCUT2D eigenvalue weighted by Crippen LogP contribution is -1.97. The van der Waals surface area contributed by atoms with Crippen molar-refractivity contribution in [2.45, 2.75) is 0 Å². The SMILES string of the molecule is O=C(/C=C(\CBr)c1ccc(-c2ccccc2)cc1)c1ccccc1. The predicted molar refractivity (Wildman–Crippen MR) is 104 cm³/mol. The lowest BCUT2D eigenvalue weighted by Gasteiger charge is -2.07. The number of carbonyl (C=O) groups excluding carboxylic acids is 1. The van der Waals surface area contributed by atoms with Crippen LogP contribution in [0.2, 0.25) is 0 Å². The second-order valence-corrected chi connectivity index (χ2v) is 6.04. The van der Waals surface area contributed by atoms with E-state index in [0.717, 1.165) is 11.1 Å². The first-order valence-corrected chi connectivity index (χ1v) is 8.92. The second-order valence-electron chi connectivity index (χ2n) is 5.48. The van der Waals surface area contributed by atoms with Crippen LogP contribution < -0.4 is 0 Å². The Labute approximate surface area is 150 Å². The number of halogens is 1. The first-order valence-electron chi connectivity index (χ1n) is 7.80. The van der Waals surface area contributed by atoms with Crippen molar-refractivity contribution < 1.29 is 4.79 Å². The molecule has 0 atom stereocenters. The van der Waals surface area contributed by atoms with E-state index in [9.17, 15) is 4.79 Å². The maximum Gasteiger partial charge on any atom is 0.186 e. The van der Waals surface area contributed by atoms with Crippen LogP contribution in [-0.2, 0) is 0 Å². The molecule has 0 aliphatic heterocycles. The van der Waals surface area contributed by atoms with Gasteiger partial charge in [0, 0.05) is 10.9 Å². The zero-order valence-electron chi connectivity index (χ0n) is 13.2. The summed E-state index contributed by atoms with van der Waals surface area (Å²) in [4.78, 5) is 12.4. The average Bonchev–Trinajstić information content (AvgIpc) is 2.67. The van der Waals surface area contributed by atoms with Crippen molar-refractivity contribution in [3.8, 4) is 11.1 Å². The Morgan fingerprint density at radius 1 is 0.708 bits per heavy atom. The van der Waals surface area contributed by atoms with E-state index < -0.39 is 0 Å². The summed E-state index contributed by atoms with van der Waals surface area (Å²) in [5.41, 5.74) is 5.09. The molecule has 2 heteroatoms. The fraction of sp³-hybridized carbons (Fsp3) is 0.0455. The Morgan fingerprint density at radius 3 is 1.83 bits per heavy atom. The van der Waals surface area contributed by atoms with Gasteiger partial charge in [-0.25, -0.2) is 0 Å². The third kappa shape index (κ3) is 3.90. The molecule has 1 nitrogen and oxygen atoms in total. The third-order valence-electron chi connectivity index (χ3n) is 3.87. The summed E-state index contributed by atoms with van der Waals surface area (Å²) in [6.07, 6.45) is 1.71. The van der Waals surface area contributed by atoms with E-state index in [-0.39, 0.29) is 5.78 Å². The third-order valence-corrected chi connectivity index (χ3v) is 4.47. The van der Waals surface area contributed by atoms with Crippen molar-refractivity contribution in [2.75, 3.05) is 5.33 Å². The first kappa shape index (κ1) is 16.4. The van der Waals surface area contributed by atoms with Crippen LogP contribution in [0.4, 0.5) is 0 Å². The van der Waals surface area contributed by atoms with Gasteiger partial charge in [0.15, 0.2) is 5.78 Å². The molecule has 0 fully saturated rings. The lowest BCUT2D eigenvalue weighted by atomic mass is 9.99. The fourth-order valence-corrected chi connectivity index (χ4v) is 3.04. The minimum Gasteiger partial charge on any atom is -0.289 e. The zero-order chi connectivity index (χ0) is 16.8. The molecule has 3 rings (SSSR count). The quantitative estimate of drug-likeness (QED) is 0.302. The molecule has 0 N–H and O–H groups in total. The maximum absolute atomic E-state index is 12.4. The predicted octanol–water partition coefficient (Wildman–Crippen LogP) is 6.01. The molecule has 0 saturated carbocycles. The van der Waals surface area contributed by atoms with Crippen molar-refractivity contribution in [2.24, 2.45) is 0 Å². The summed E-state index contributed by atoms with van der Waals surface area (Å²) in [7, 11) is 0. The number of benzene rings is 3. The fourth-order valence-electron chi connectivity index (χ4n) is 2.55. The molecule has 0 aromatic heterocycles. The van der Waals surface area contributed by atoms with Crippen LogP contribution in [-0.4, -0.2) is 11.1 Å². The minimum atomic E-state index is 0.0252. The van der Waals surface area contributed by atoms with Crippen molar-refractivity contribution in [3.05, 3.63) is 102 Å². The summed E-state index contributed by atoms with van der Waals surface area (Å²) >= 11 is 3.50. The number of ketones is 1. The van der Waals surface area contributed by atoms with Gasteiger partial charge in [-0.2, -0.15) is 0 Å². The van der Waals surface area contributed by atoms with E-state index in [1.165, 1.54) is 11.1 Å². The lowest BCUT2D eigenvalue weighted by molar-refractivity contribution is 0.104. The van der Waals surface area contributed by atoms with Crippen LogP contribution in [0.5, 0.6) is 0 Å². The molecule has 3 aromatic carbocycles. The monoisotopic (exact) mass is 376 g/mol. The van der Waals surface area contributed by atoms with Gasteiger partial charge in [-0.05, 0) is 28.3 Å². The number of carbonyl (C=O) groups is 1. The Bertz CT molecular complexity index is 834. The molecule has 3 aromatic rings. The molecule has 118 valence electrons. The Morgan fingerprint density at radius 2 is 1.25 bits per heavy atom. The highest BCUT2D eigenvalue weighted by Crippen LogP contribution is 2.23. The van der Waals surface area contributed by atoms with E-state index in [1.807, 2.05) is 48.5 Å². The molecule has 24 heavy (non-hydrogen) atoms. The topological polar surface area (TPSA) is 17.1 Å². The molecule has 0 saturated heterocycles. The molecule has 0 aliphatic carbocycles. The summed E-state index contributed by atoms with van der Waals surface area (Å²) in [5.74, 6) is 0.0252. The molecule has 0 bridgehead atoms. The van der Waals surface area contributed by atoms with E-state index >= 15 is 0 Å². The van der Waals surface area contributed by atoms with Gasteiger partial charge in [-0.1, -0.05) is 101 Å². The van der Waals surface area contributed by atoms with Crippen LogP contribution in [0, 0.1) is 0 Å². The molecular formula is C22H17BrO. The summed E-state index contributed by atoms with van der Waals surface area (Å²) in [6, 6.07) is 27.9. The molecule has 0 spiro atoms. The van der Waals surface area contributed by atoms with Gasteiger partial charge in [0.25, 0.3) is 0 Å². The Balaban J connectivity index is 1.86. The summed E-state index contributed by atoms with van der Waals surface area (Å²) in [5, 5.41) is 0.635. The summed E-state index contributed by atoms with van der Waals surface area (Å²) in [6.45, 7) is 0. The van der Waals surface area contributed by atoms with Gasteiger partial charge in [-0.15, -0.1) is 0 Å². The number of hydrogen-bond donors (Lipinski definition) is 0. The largest absolute Gasteiger partial charge is 0.289 e.